The van der Waals surface area contributed by atoms with Gasteiger partial charge in [-0.3, -0.25) is 0 Å². The van der Waals surface area contributed by atoms with Crippen LogP contribution in [-0.4, -0.2) is 19.2 Å². The second kappa shape index (κ2) is 10.5. The van der Waals surface area contributed by atoms with Gasteiger partial charge in [0.25, 0.3) is 0 Å². The van der Waals surface area contributed by atoms with Crippen molar-refractivity contribution in [2.45, 2.75) is 46.5 Å². The van der Waals surface area contributed by atoms with Gasteiger partial charge in [-0.15, -0.1) is 0 Å². The molecule has 26 heavy (non-hydrogen) atoms. The predicted octanol–water partition coefficient (Wildman–Crippen LogP) is 5.10. The van der Waals surface area contributed by atoms with E-state index in [0.29, 0.717) is 13.2 Å². The number of amides is 2. The molecule has 0 fully saturated rings. The molecule has 0 aliphatic rings. The molecule has 0 unspecified atom stereocenters. The number of unbranched alkanes of at least 4 members (excludes halogenated alkanes) is 1. The summed E-state index contributed by atoms with van der Waals surface area (Å²) in [6, 6.07) is 14.0. The summed E-state index contributed by atoms with van der Waals surface area (Å²) in [4.78, 5) is 12.2. The number of carbonyl (C=O) groups is 1. The summed E-state index contributed by atoms with van der Waals surface area (Å²) in [6.45, 7) is 7.39. The molecule has 2 aromatic carbocycles. The highest BCUT2D eigenvalue weighted by molar-refractivity contribution is 5.90. The molecule has 4 heteroatoms. The molecule has 0 bridgehead atoms. The Labute approximate surface area is 157 Å². The first-order valence-corrected chi connectivity index (χ1v) is 9.49. The Bertz CT molecular complexity index is 713. The molecular weight excluding hydrogens is 324 g/mol. The van der Waals surface area contributed by atoms with Gasteiger partial charge in [0.2, 0.25) is 0 Å². The van der Waals surface area contributed by atoms with Gasteiger partial charge in [0.05, 0.1) is 6.61 Å². The zero-order chi connectivity index (χ0) is 18.8. The molecule has 0 aliphatic carbocycles. The molecule has 0 saturated carbocycles. The highest BCUT2D eigenvalue weighted by Crippen LogP contribution is 2.19. The lowest BCUT2D eigenvalue weighted by atomic mass is 10.0. The van der Waals surface area contributed by atoms with E-state index in [1.807, 2.05) is 44.2 Å². The molecule has 0 spiro atoms. The van der Waals surface area contributed by atoms with E-state index in [1.165, 1.54) is 18.4 Å². The van der Waals surface area contributed by atoms with Crippen LogP contribution in [0.1, 0.15) is 43.4 Å². The van der Waals surface area contributed by atoms with E-state index in [0.717, 1.165) is 35.4 Å². The topological polar surface area (TPSA) is 50.4 Å². The number of para-hydroxylation sites is 1. The molecule has 2 amide bonds. The van der Waals surface area contributed by atoms with Crippen LogP contribution in [0.2, 0.25) is 0 Å². The molecule has 0 aromatic heterocycles. The van der Waals surface area contributed by atoms with Crippen LogP contribution in [-0.2, 0) is 12.8 Å². The van der Waals surface area contributed by atoms with E-state index < -0.39 is 0 Å². The van der Waals surface area contributed by atoms with Gasteiger partial charge in [-0.05, 0) is 61.9 Å². The summed E-state index contributed by atoms with van der Waals surface area (Å²) >= 11 is 0. The average molecular weight is 354 g/mol. The van der Waals surface area contributed by atoms with Crippen LogP contribution in [0.5, 0.6) is 5.75 Å². The Balaban J connectivity index is 1.84. The van der Waals surface area contributed by atoms with E-state index in [1.54, 1.807) is 0 Å². The lowest BCUT2D eigenvalue weighted by molar-refractivity contribution is 0.252. The smallest absolute Gasteiger partial charge is 0.319 e. The van der Waals surface area contributed by atoms with Crippen molar-refractivity contribution in [2.75, 3.05) is 18.5 Å². The van der Waals surface area contributed by atoms with Gasteiger partial charge in [-0.1, -0.05) is 43.7 Å². The fourth-order valence-corrected chi connectivity index (χ4v) is 2.89. The van der Waals surface area contributed by atoms with E-state index in [2.05, 4.69) is 29.7 Å². The van der Waals surface area contributed by atoms with Crippen molar-refractivity contribution in [1.29, 1.82) is 0 Å². The maximum Gasteiger partial charge on any atom is 0.319 e. The molecule has 2 rings (SSSR count). The third-order valence-electron chi connectivity index (χ3n) is 4.31. The summed E-state index contributed by atoms with van der Waals surface area (Å²) in [6.07, 6.45) is 4.20. The number of benzene rings is 2. The molecule has 140 valence electrons. The number of aryl methyl sites for hydroxylation is 2. The predicted molar refractivity (Wildman–Crippen MR) is 108 cm³/mol. The van der Waals surface area contributed by atoms with Gasteiger partial charge in [0.15, 0.2) is 0 Å². The zero-order valence-electron chi connectivity index (χ0n) is 16.1. The van der Waals surface area contributed by atoms with Crippen molar-refractivity contribution in [2.24, 2.45) is 0 Å². The van der Waals surface area contributed by atoms with Crippen molar-refractivity contribution in [3.63, 3.8) is 0 Å². The van der Waals surface area contributed by atoms with Crippen LogP contribution < -0.4 is 15.4 Å². The Kier molecular flexibility index (Phi) is 8.00. The van der Waals surface area contributed by atoms with Gasteiger partial charge in [-0.2, -0.15) is 0 Å². The molecule has 4 nitrogen and oxygen atoms in total. The van der Waals surface area contributed by atoms with Gasteiger partial charge in [0.1, 0.15) is 5.75 Å². The lowest BCUT2D eigenvalue weighted by Gasteiger charge is -2.13. The number of hydrogen-bond donors (Lipinski definition) is 2. The number of hydrogen-bond acceptors (Lipinski definition) is 2. The van der Waals surface area contributed by atoms with E-state index in [-0.39, 0.29) is 6.03 Å². The first-order valence-electron chi connectivity index (χ1n) is 9.49. The van der Waals surface area contributed by atoms with Gasteiger partial charge >= 0.3 is 6.03 Å². The summed E-state index contributed by atoms with van der Waals surface area (Å²) in [5, 5.41) is 5.86. The van der Waals surface area contributed by atoms with Crippen LogP contribution >= 0.6 is 0 Å². The molecule has 0 atom stereocenters. The summed E-state index contributed by atoms with van der Waals surface area (Å²) in [5.41, 5.74) is 4.38. The minimum absolute atomic E-state index is 0.178. The highest BCUT2D eigenvalue weighted by Gasteiger charge is 2.07. The summed E-state index contributed by atoms with van der Waals surface area (Å²) < 4.78 is 5.62. The number of ether oxygens (including phenoxy) is 1. The average Bonchev–Trinajstić information content (AvgIpc) is 2.63. The maximum absolute atomic E-state index is 12.2. The van der Waals surface area contributed by atoms with Crippen LogP contribution in [0.15, 0.2) is 42.5 Å². The van der Waals surface area contributed by atoms with Crippen LogP contribution in [0.3, 0.4) is 0 Å². The SMILES string of the molecule is CCCCc1ccc(NC(=O)NCCc2ccccc2OCC)c(C)c1. The monoisotopic (exact) mass is 354 g/mol. The molecule has 0 radical (unpaired) electrons. The molecule has 2 aromatic rings. The van der Waals surface area contributed by atoms with E-state index in [4.69, 9.17) is 4.74 Å². The fourth-order valence-electron chi connectivity index (χ4n) is 2.89. The van der Waals surface area contributed by atoms with Crippen molar-refractivity contribution in [3.05, 3.63) is 59.2 Å². The highest BCUT2D eigenvalue weighted by atomic mass is 16.5. The number of nitrogens with one attached hydrogen (secondary N) is 2. The van der Waals surface area contributed by atoms with Gasteiger partial charge < -0.3 is 15.4 Å². The first-order chi connectivity index (χ1) is 12.6. The number of rotatable bonds is 9. The number of carbonyl (C=O) groups excluding carboxylic acids is 1. The van der Waals surface area contributed by atoms with E-state index in [9.17, 15) is 4.79 Å². The molecule has 2 N–H and O–H groups in total. The Hall–Kier alpha value is -2.49. The van der Waals surface area contributed by atoms with Crippen molar-refractivity contribution < 1.29 is 9.53 Å². The first kappa shape index (κ1) is 19.8. The van der Waals surface area contributed by atoms with Crippen molar-refractivity contribution >= 4 is 11.7 Å². The molecule has 0 aliphatic heterocycles. The largest absolute Gasteiger partial charge is 0.494 e. The molecule has 0 heterocycles. The molecule has 0 saturated heterocycles. The number of urea groups is 1. The Morgan fingerprint density at radius 3 is 2.62 bits per heavy atom. The van der Waals surface area contributed by atoms with E-state index >= 15 is 0 Å². The Morgan fingerprint density at radius 1 is 1.08 bits per heavy atom. The second-order valence-electron chi connectivity index (χ2n) is 6.42. The maximum atomic E-state index is 12.2. The van der Waals surface area contributed by atoms with Crippen LogP contribution in [0.4, 0.5) is 10.5 Å². The summed E-state index contributed by atoms with van der Waals surface area (Å²) in [5.74, 6) is 0.885. The third kappa shape index (κ3) is 6.10. The van der Waals surface area contributed by atoms with Crippen molar-refractivity contribution in [3.8, 4) is 5.75 Å². The van der Waals surface area contributed by atoms with Gasteiger partial charge in [0, 0.05) is 12.2 Å². The fraction of sp³-hybridized carbons (Fsp3) is 0.409. The third-order valence-corrected chi connectivity index (χ3v) is 4.31. The minimum atomic E-state index is -0.178. The lowest BCUT2D eigenvalue weighted by Crippen LogP contribution is -2.30. The summed E-state index contributed by atoms with van der Waals surface area (Å²) in [7, 11) is 0. The number of anilines is 1. The molecular formula is C22H30N2O2. The normalized spacial score (nSPS) is 10.4. The second-order valence-corrected chi connectivity index (χ2v) is 6.42. The van der Waals surface area contributed by atoms with Crippen LogP contribution in [0, 0.1) is 6.92 Å². The van der Waals surface area contributed by atoms with Crippen LogP contribution in [0.25, 0.3) is 0 Å². The zero-order valence-corrected chi connectivity index (χ0v) is 16.1. The minimum Gasteiger partial charge on any atom is -0.494 e. The van der Waals surface area contributed by atoms with Gasteiger partial charge in [-0.25, -0.2) is 4.79 Å². The quantitative estimate of drug-likeness (QED) is 0.658. The standard InChI is InChI=1S/C22H30N2O2/c1-4-6-9-18-12-13-20(17(3)16-18)24-22(25)23-15-14-19-10-7-8-11-21(19)26-5-2/h7-8,10-13,16H,4-6,9,14-15H2,1-3H3,(H2,23,24,25). The van der Waals surface area contributed by atoms with Crippen molar-refractivity contribution in [1.82, 2.24) is 5.32 Å². The Morgan fingerprint density at radius 2 is 1.88 bits per heavy atom.